The number of fused-ring (bicyclic) bond motifs is 1. The molecule has 3 amide bonds. The van der Waals surface area contributed by atoms with Crippen LogP contribution in [0.2, 0.25) is 0 Å². The van der Waals surface area contributed by atoms with Gasteiger partial charge in [0.15, 0.2) is 0 Å². The Morgan fingerprint density at radius 2 is 1.85 bits per heavy atom. The fraction of sp³-hybridized carbons (Fsp3) is 0.400. The van der Waals surface area contributed by atoms with E-state index in [1.54, 1.807) is 17.4 Å². The molecule has 0 spiro atoms. The molecule has 8 nitrogen and oxygen atoms in total. The van der Waals surface area contributed by atoms with Crippen molar-refractivity contribution < 1.29 is 41.7 Å². The minimum absolute atomic E-state index is 0.0192. The van der Waals surface area contributed by atoms with Gasteiger partial charge in [-0.15, -0.1) is 0 Å². The number of nitrogens with zero attached hydrogens (tertiary/aromatic N) is 2. The van der Waals surface area contributed by atoms with Crippen LogP contribution in [0.15, 0.2) is 42.5 Å². The van der Waals surface area contributed by atoms with Crippen molar-refractivity contribution in [2.75, 3.05) is 26.1 Å². The van der Waals surface area contributed by atoms with Crippen molar-refractivity contribution in [1.82, 2.24) is 15.1 Å². The van der Waals surface area contributed by atoms with Gasteiger partial charge in [-0.05, 0) is 29.6 Å². The average Bonchev–Trinajstić information content (AvgIpc) is 3.29. The number of hydrogen-bond acceptors (Lipinski definition) is 6. The first-order valence-electron chi connectivity index (χ1n) is 16.4. The van der Waals surface area contributed by atoms with E-state index in [9.17, 15) is 14.4 Å². The monoisotopic (exact) mass is 462 g/mol. The van der Waals surface area contributed by atoms with E-state index in [1.807, 2.05) is 0 Å². The molecule has 0 aliphatic carbocycles. The number of carbonyl (C=O) groups excluding carboxylic acids is 3. The smallest absolute Gasteiger partial charge is 0.255 e. The van der Waals surface area contributed by atoms with Gasteiger partial charge in [-0.25, -0.2) is 0 Å². The van der Waals surface area contributed by atoms with Gasteiger partial charge in [-0.2, -0.15) is 0 Å². The lowest BCUT2D eigenvalue weighted by molar-refractivity contribution is -0.136. The van der Waals surface area contributed by atoms with Crippen molar-refractivity contribution in [3.05, 3.63) is 64.7 Å². The molecule has 1 unspecified atom stereocenters. The second kappa shape index (κ2) is 9.33. The van der Waals surface area contributed by atoms with E-state index in [0.29, 0.717) is 20.9 Å². The molecule has 3 heterocycles. The van der Waals surface area contributed by atoms with E-state index < -0.39 is 75.7 Å². The molecule has 0 aromatic heterocycles. The van der Waals surface area contributed by atoms with Crippen LogP contribution < -0.4 is 10.1 Å². The molecule has 2 fully saturated rings. The zero-order valence-corrected chi connectivity index (χ0v) is 17.1. The van der Waals surface area contributed by atoms with Crippen LogP contribution >= 0.6 is 0 Å². The number of nitrogens with one attached hydrogen (secondary N) is 1. The summed E-state index contributed by atoms with van der Waals surface area (Å²) >= 11 is 0. The molecule has 0 radical (unpaired) electrons. The molecule has 0 saturated carbocycles. The Morgan fingerprint density at radius 1 is 1.09 bits per heavy atom. The summed E-state index contributed by atoms with van der Waals surface area (Å²) in [6.07, 6.45) is -6.74. The highest BCUT2D eigenvalue weighted by molar-refractivity contribution is 6.05. The molecule has 3 aliphatic heterocycles. The maximum absolute atomic E-state index is 13.3. The Bertz CT molecular complexity index is 1590. The number of morpholine rings is 1. The molecule has 5 rings (SSSR count). The second-order valence-electron chi connectivity index (χ2n) is 7.28. The number of carbonyl (C=O) groups is 3. The fourth-order valence-electron chi connectivity index (χ4n) is 3.55. The lowest BCUT2D eigenvalue weighted by atomic mass is 10.0. The van der Waals surface area contributed by atoms with Gasteiger partial charge < -0.3 is 14.4 Å². The van der Waals surface area contributed by atoms with Gasteiger partial charge >= 0.3 is 0 Å². The Kier molecular flexibility index (Phi) is 3.18. The zero-order valence-electron chi connectivity index (χ0n) is 30.1. The lowest BCUT2D eigenvalue weighted by Crippen LogP contribution is -2.52. The second-order valence-corrected chi connectivity index (χ2v) is 7.28. The van der Waals surface area contributed by atoms with Crippen molar-refractivity contribution in [1.29, 1.82) is 0 Å². The van der Waals surface area contributed by atoms with E-state index in [4.69, 9.17) is 22.6 Å². The lowest BCUT2D eigenvalue weighted by Gasteiger charge is -2.29. The predicted octanol–water partition coefficient (Wildman–Crippen LogP) is 1.86. The molecule has 8 heteroatoms. The van der Waals surface area contributed by atoms with Gasteiger partial charge in [0.05, 0.1) is 26.5 Å². The Hall–Kier alpha value is -3.23. The third-order valence-corrected chi connectivity index (χ3v) is 5.15. The van der Waals surface area contributed by atoms with Gasteiger partial charge in [0.1, 0.15) is 18.4 Å². The standard InChI is InChI=1S/C25H27N3O5/c29-23-9-8-21(24(30)26-23)28-15-20-19(25(28)31)2-1-3-22(20)33-16-18-6-4-17(5-7-18)14-27-10-12-32-13-11-27/h1-7,21H,8-16H2,(H,26,29,30)/i8D2,9D2,10D2,11D2,12D2,13D2,21D. The normalized spacial score (nSPS) is 38.4. The van der Waals surface area contributed by atoms with Crippen LogP contribution in [0.3, 0.4) is 0 Å². The number of rotatable bonds is 6. The van der Waals surface area contributed by atoms with Gasteiger partial charge in [0, 0.05) is 48.0 Å². The third-order valence-electron chi connectivity index (χ3n) is 5.15. The summed E-state index contributed by atoms with van der Waals surface area (Å²) in [6.45, 7) is -13.6. The largest absolute Gasteiger partial charge is 0.489 e. The summed E-state index contributed by atoms with van der Waals surface area (Å²) in [5.41, 5.74) is 1.02. The summed E-state index contributed by atoms with van der Waals surface area (Å²) < 4.78 is 115. The third kappa shape index (κ3) is 4.62. The van der Waals surface area contributed by atoms with Crippen molar-refractivity contribution in [3.63, 3.8) is 0 Å². The number of piperidine rings is 1. The topological polar surface area (TPSA) is 88.2 Å². The van der Waals surface area contributed by atoms with Crippen molar-refractivity contribution >= 4 is 17.7 Å². The van der Waals surface area contributed by atoms with E-state index in [0.717, 1.165) is 0 Å². The highest BCUT2D eigenvalue weighted by Crippen LogP contribution is 2.34. The van der Waals surface area contributed by atoms with E-state index in [1.165, 1.54) is 30.3 Å². The molecule has 3 aliphatic rings. The first-order chi connectivity index (χ1) is 20.9. The van der Waals surface area contributed by atoms with Gasteiger partial charge in [-0.1, -0.05) is 30.3 Å². The first kappa shape index (κ1) is 11.3. The molecule has 172 valence electrons. The van der Waals surface area contributed by atoms with E-state index >= 15 is 0 Å². The van der Waals surface area contributed by atoms with Crippen molar-refractivity contribution in [3.8, 4) is 5.75 Å². The summed E-state index contributed by atoms with van der Waals surface area (Å²) in [5, 5.41) is 1.65. The van der Waals surface area contributed by atoms with Gasteiger partial charge in [0.25, 0.3) is 5.91 Å². The van der Waals surface area contributed by atoms with Gasteiger partial charge in [-0.3, -0.25) is 24.6 Å². The molecule has 33 heavy (non-hydrogen) atoms. The Labute approximate surface area is 210 Å². The average molecular weight is 463 g/mol. The SMILES string of the molecule is [2H]C1([2H])OC([2H])([2H])C([2H])([2H])N(Cc2ccc(COc3cccc4c3CN(C3([2H])C(=O)NC(=O)C([2H])([2H])C3([2H])[2H])C4=O)cc2)C1([2H])[2H]. The van der Waals surface area contributed by atoms with Crippen LogP contribution in [0.1, 0.15) is 57.6 Å². The first-order valence-corrected chi connectivity index (χ1v) is 9.92. The van der Waals surface area contributed by atoms with Crippen LogP contribution in [0.4, 0.5) is 0 Å². The molecule has 1 N–H and O–H groups in total. The summed E-state index contributed by atoms with van der Waals surface area (Å²) in [5.74, 6) is -3.86. The summed E-state index contributed by atoms with van der Waals surface area (Å²) in [4.78, 5) is 39.1. The minimum atomic E-state index is -3.42. The quantitative estimate of drug-likeness (QED) is 0.660. The molecular weight excluding hydrogens is 422 g/mol. The van der Waals surface area contributed by atoms with Crippen molar-refractivity contribution in [2.24, 2.45) is 0 Å². The molecular formula is C25H27N3O5. The van der Waals surface area contributed by atoms with Crippen molar-refractivity contribution in [2.45, 2.75) is 38.5 Å². The Morgan fingerprint density at radius 3 is 2.64 bits per heavy atom. The molecule has 0 bridgehead atoms. The predicted molar refractivity (Wildman–Crippen MR) is 119 cm³/mol. The Balaban J connectivity index is 1.34. The molecule has 2 aromatic rings. The van der Waals surface area contributed by atoms with Crippen LogP contribution in [0.25, 0.3) is 0 Å². The number of imide groups is 1. The number of amides is 3. The molecule has 2 aromatic carbocycles. The zero-order chi connectivity index (χ0) is 34.5. The van der Waals surface area contributed by atoms with Crippen LogP contribution in [0.5, 0.6) is 5.75 Å². The number of hydrogen-bond donors (Lipinski definition) is 1. The molecule has 1 atom stereocenters. The van der Waals surface area contributed by atoms with Crippen LogP contribution in [-0.2, 0) is 34.0 Å². The maximum Gasteiger partial charge on any atom is 0.255 e. The van der Waals surface area contributed by atoms with Gasteiger partial charge in [0.2, 0.25) is 11.8 Å². The highest BCUT2D eigenvalue weighted by Gasteiger charge is 2.40. The summed E-state index contributed by atoms with van der Waals surface area (Å²) in [6, 6.07) is 7.22. The number of benzene rings is 2. The minimum Gasteiger partial charge on any atom is -0.489 e. The van der Waals surface area contributed by atoms with E-state index in [2.05, 4.69) is 4.74 Å². The molecule has 2 saturated heterocycles. The highest BCUT2D eigenvalue weighted by atomic mass is 16.5. The van der Waals surface area contributed by atoms with Crippen LogP contribution in [0, 0.1) is 0 Å². The summed E-state index contributed by atoms with van der Waals surface area (Å²) in [7, 11) is 0. The maximum atomic E-state index is 13.3. The van der Waals surface area contributed by atoms with E-state index in [-0.39, 0.29) is 23.5 Å². The van der Waals surface area contributed by atoms with Crippen LogP contribution in [-0.4, -0.2) is 59.7 Å². The number of ether oxygens (including phenoxy) is 2. The fourth-order valence-corrected chi connectivity index (χ4v) is 3.55.